The Morgan fingerprint density at radius 1 is 1.10 bits per heavy atom. The molecule has 0 atom stereocenters. The molecule has 162 valence electrons. The molecule has 2 rings (SSSR count). The first-order valence-corrected chi connectivity index (χ1v) is 11.7. The SMILES string of the molecule is C=CCN(CC(=O)Nc1c(C(C)C)cccc1C(C)C)S(=O)(=O)c1cccc(Cl)c1. The number of carbonyl (C=O) groups is 1. The topological polar surface area (TPSA) is 66.5 Å². The average Bonchev–Trinajstić information content (AvgIpc) is 2.67. The Morgan fingerprint density at radius 3 is 2.17 bits per heavy atom. The molecule has 2 aromatic rings. The van der Waals surface area contributed by atoms with Gasteiger partial charge in [-0.25, -0.2) is 8.42 Å². The molecule has 5 nitrogen and oxygen atoms in total. The highest BCUT2D eigenvalue weighted by Crippen LogP contribution is 2.32. The summed E-state index contributed by atoms with van der Waals surface area (Å²) in [5, 5.41) is 3.27. The van der Waals surface area contributed by atoms with Gasteiger partial charge in [-0.15, -0.1) is 6.58 Å². The maximum atomic E-state index is 13.1. The van der Waals surface area contributed by atoms with Crippen molar-refractivity contribution in [3.63, 3.8) is 0 Å². The van der Waals surface area contributed by atoms with Crippen LogP contribution in [0.4, 0.5) is 5.69 Å². The molecule has 0 aromatic heterocycles. The van der Waals surface area contributed by atoms with Crippen LogP contribution in [0, 0.1) is 0 Å². The molecule has 0 spiro atoms. The molecule has 1 amide bonds. The number of para-hydroxylation sites is 1. The highest BCUT2D eigenvalue weighted by atomic mass is 35.5. The summed E-state index contributed by atoms with van der Waals surface area (Å²) in [6.07, 6.45) is 1.46. The van der Waals surface area contributed by atoms with E-state index in [9.17, 15) is 13.2 Å². The van der Waals surface area contributed by atoms with Crippen molar-refractivity contribution in [1.82, 2.24) is 4.31 Å². The van der Waals surface area contributed by atoms with Crippen LogP contribution in [0.5, 0.6) is 0 Å². The standard InChI is InChI=1S/C23H29ClN2O3S/c1-6-13-26(30(28,29)19-10-7-9-18(24)14-19)15-22(27)25-23-20(16(2)3)11-8-12-21(23)17(4)5/h6-12,14,16-17H,1,13,15H2,2-5H3,(H,25,27). The summed E-state index contributed by atoms with van der Waals surface area (Å²) < 4.78 is 27.2. The van der Waals surface area contributed by atoms with Crippen LogP contribution in [-0.2, 0) is 14.8 Å². The Bertz CT molecular complexity index is 991. The maximum absolute atomic E-state index is 13.1. The van der Waals surface area contributed by atoms with E-state index in [2.05, 4.69) is 39.6 Å². The lowest BCUT2D eigenvalue weighted by Gasteiger charge is -2.23. The van der Waals surface area contributed by atoms with Crippen LogP contribution < -0.4 is 5.32 Å². The smallest absolute Gasteiger partial charge is 0.243 e. The third-order valence-electron chi connectivity index (χ3n) is 4.72. The molecule has 0 aliphatic rings. The fourth-order valence-electron chi connectivity index (χ4n) is 3.20. The van der Waals surface area contributed by atoms with Gasteiger partial charge in [-0.1, -0.05) is 69.6 Å². The Labute approximate surface area is 184 Å². The third kappa shape index (κ3) is 5.72. The van der Waals surface area contributed by atoms with Crippen LogP contribution in [-0.4, -0.2) is 31.7 Å². The van der Waals surface area contributed by atoms with Crippen LogP contribution in [0.25, 0.3) is 0 Å². The van der Waals surface area contributed by atoms with Crippen molar-refractivity contribution >= 4 is 33.2 Å². The van der Waals surface area contributed by atoms with Gasteiger partial charge in [0.25, 0.3) is 0 Å². The zero-order chi connectivity index (χ0) is 22.5. The summed E-state index contributed by atoms with van der Waals surface area (Å²) in [6.45, 7) is 11.5. The Balaban J connectivity index is 2.34. The number of hydrogen-bond donors (Lipinski definition) is 1. The van der Waals surface area contributed by atoms with Gasteiger partial charge in [-0.05, 0) is 41.2 Å². The molecule has 0 aliphatic carbocycles. The van der Waals surface area contributed by atoms with Gasteiger partial charge in [0.15, 0.2) is 0 Å². The van der Waals surface area contributed by atoms with Gasteiger partial charge >= 0.3 is 0 Å². The molecule has 30 heavy (non-hydrogen) atoms. The van der Waals surface area contributed by atoms with Crippen molar-refractivity contribution in [2.45, 2.75) is 44.4 Å². The lowest BCUT2D eigenvalue weighted by molar-refractivity contribution is -0.116. The summed E-state index contributed by atoms with van der Waals surface area (Å²) in [5.74, 6) is 0.00870. The lowest BCUT2D eigenvalue weighted by atomic mass is 9.92. The van der Waals surface area contributed by atoms with Crippen LogP contribution in [0.3, 0.4) is 0 Å². The molecule has 0 saturated heterocycles. The number of sulfonamides is 1. The molecule has 0 bridgehead atoms. The molecule has 1 N–H and O–H groups in total. The first-order chi connectivity index (χ1) is 14.1. The highest BCUT2D eigenvalue weighted by molar-refractivity contribution is 7.89. The number of nitrogens with zero attached hydrogens (tertiary/aromatic N) is 1. The quantitative estimate of drug-likeness (QED) is 0.522. The van der Waals surface area contributed by atoms with E-state index in [1.165, 1.54) is 18.2 Å². The maximum Gasteiger partial charge on any atom is 0.243 e. The first kappa shape index (κ1) is 24.1. The number of hydrogen-bond acceptors (Lipinski definition) is 3. The van der Waals surface area contributed by atoms with E-state index in [0.717, 1.165) is 21.1 Å². The van der Waals surface area contributed by atoms with E-state index in [0.29, 0.717) is 5.02 Å². The molecule has 2 aromatic carbocycles. The van der Waals surface area contributed by atoms with Crippen molar-refractivity contribution in [3.05, 3.63) is 71.3 Å². The predicted octanol–water partition coefficient (Wildman–Crippen LogP) is 5.40. The van der Waals surface area contributed by atoms with E-state index in [1.54, 1.807) is 12.1 Å². The molecule has 7 heteroatoms. The number of carbonyl (C=O) groups excluding carboxylic acids is 1. The van der Waals surface area contributed by atoms with Crippen LogP contribution in [0.1, 0.15) is 50.7 Å². The summed E-state index contributed by atoms with van der Waals surface area (Å²) in [5.41, 5.74) is 2.79. The van der Waals surface area contributed by atoms with E-state index in [4.69, 9.17) is 11.6 Å². The first-order valence-electron chi connectivity index (χ1n) is 9.87. The van der Waals surface area contributed by atoms with E-state index >= 15 is 0 Å². The average molecular weight is 449 g/mol. The second-order valence-corrected chi connectivity index (χ2v) is 10.1. The Kier molecular flexibility index (Phi) is 8.24. The van der Waals surface area contributed by atoms with Gasteiger partial charge in [0.05, 0.1) is 11.4 Å². The van der Waals surface area contributed by atoms with Crippen molar-refractivity contribution in [1.29, 1.82) is 0 Å². The fraction of sp³-hybridized carbons (Fsp3) is 0.348. The highest BCUT2D eigenvalue weighted by Gasteiger charge is 2.27. The van der Waals surface area contributed by atoms with Crippen molar-refractivity contribution < 1.29 is 13.2 Å². The second kappa shape index (κ2) is 10.2. The summed E-state index contributed by atoms with van der Waals surface area (Å²) in [4.78, 5) is 13.0. The summed E-state index contributed by atoms with van der Waals surface area (Å²) in [7, 11) is -3.91. The van der Waals surface area contributed by atoms with Crippen molar-refractivity contribution in [2.75, 3.05) is 18.4 Å². The monoisotopic (exact) mass is 448 g/mol. The molecule has 0 heterocycles. The van der Waals surface area contributed by atoms with Gasteiger partial charge in [-0.2, -0.15) is 4.31 Å². The summed E-state index contributed by atoms with van der Waals surface area (Å²) >= 11 is 5.96. The van der Waals surface area contributed by atoms with Gasteiger partial charge < -0.3 is 5.32 Å². The number of amides is 1. The van der Waals surface area contributed by atoms with Crippen LogP contribution in [0.15, 0.2) is 60.0 Å². The van der Waals surface area contributed by atoms with Gasteiger partial charge in [0.1, 0.15) is 0 Å². The molecule has 0 fully saturated rings. The summed E-state index contributed by atoms with van der Waals surface area (Å²) in [6, 6.07) is 11.9. The molecular formula is C23H29ClN2O3S. The van der Waals surface area contributed by atoms with E-state index < -0.39 is 15.9 Å². The molecule has 0 saturated carbocycles. The predicted molar refractivity (Wildman–Crippen MR) is 124 cm³/mol. The second-order valence-electron chi connectivity index (χ2n) is 7.71. The molecular weight excluding hydrogens is 420 g/mol. The third-order valence-corrected chi connectivity index (χ3v) is 6.77. The van der Waals surface area contributed by atoms with Crippen LogP contribution >= 0.6 is 11.6 Å². The number of anilines is 1. The van der Waals surface area contributed by atoms with Gasteiger partial charge in [-0.3, -0.25) is 4.79 Å². The van der Waals surface area contributed by atoms with Crippen molar-refractivity contribution in [2.24, 2.45) is 0 Å². The van der Waals surface area contributed by atoms with Crippen molar-refractivity contribution in [3.8, 4) is 0 Å². The Hall–Kier alpha value is -2.15. The van der Waals surface area contributed by atoms with Crippen LogP contribution in [0.2, 0.25) is 5.02 Å². The van der Waals surface area contributed by atoms with Gasteiger partial charge in [0.2, 0.25) is 15.9 Å². The minimum Gasteiger partial charge on any atom is -0.324 e. The fourth-order valence-corrected chi connectivity index (χ4v) is 4.87. The van der Waals surface area contributed by atoms with E-state index in [-0.39, 0.29) is 29.8 Å². The molecule has 0 radical (unpaired) electrons. The number of rotatable bonds is 9. The zero-order valence-electron chi connectivity index (χ0n) is 17.9. The zero-order valence-corrected chi connectivity index (χ0v) is 19.4. The number of nitrogens with one attached hydrogen (secondary N) is 1. The lowest BCUT2D eigenvalue weighted by Crippen LogP contribution is -2.38. The Morgan fingerprint density at radius 2 is 1.67 bits per heavy atom. The molecule has 0 aliphatic heterocycles. The number of halogens is 1. The normalized spacial score (nSPS) is 11.9. The largest absolute Gasteiger partial charge is 0.324 e. The minimum absolute atomic E-state index is 0.00509. The number of benzene rings is 2. The van der Waals surface area contributed by atoms with E-state index in [1.807, 2.05) is 18.2 Å². The van der Waals surface area contributed by atoms with Gasteiger partial charge in [0, 0.05) is 17.3 Å². The molecule has 0 unspecified atom stereocenters. The minimum atomic E-state index is -3.91.